The third-order valence-corrected chi connectivity index (χ3v) is 3.66. The minimum Gasteiger partial charge on any atom is -0.323 e. The van der Waals surface area contributed by atoms with Crippen LogP contribution in [0, 0.1) is 5.41 Å². The van der Waals surface area contributed by atoms with Gasteiger partial charge in [0.05, 0.1) is 11.6 Å². The van der Waals surface area contributed by atoms with Crippen LogP contribution < -0.4 is 10.2 Å². The fourth-order valence-electron chi connectivity index (χ4n) is 2.30. The van der Waals surface area contributed by atoms with Crippen molar-refractivity contribution in [3.05, 3.63) is 41.8 Å². The Labute approximate surface area is 128 Å². The molecule has 108 valence electrons. The maximum absolute atomic E-state index is 12.3. The van der Waals surface area contributed by atoms with Gasteiger partial charge in [0.2, 0.25) is 11.2 Å². The number of nitrogens with one attached hydrogen (secondary N) is 1. The molecule has 21 heavy (non-hydrogen) atoms. The van der Waals surface area contributed by atoms with Crippen molar-refractivity contribution in [2.24, 2.45) is 5.41 Å². The predicted octanol–water partition coefficient (Wildman–Crippen LogP) is 3.25. The van der Waals surface area contributed by atoms with Crippen LogP contribution in [0.15, 0.2) is 36.5 Å². The van der Waals surface area contributed by atoms with E-state index in [0.29, 0.717) is 18.1 Å². The van der Waals surface area contributed by atoms with E-state index in [1.54, 1.807) is 6.20 Å². The molecule has 2 aromatic rings. The molecule has 1 aromatic heterocycles. The normalized spacial score (nSPS) is 16.9. The molecule has 0 saturated heterocycles. The molecule has 6 heteroatoms. The number of nitrogens with zero attached hydrogens (tertiary/aromatic N) is 3. The van der Waals surface area contributed by atoms with Crippen LogP contribution in [-0.4, -0.2) is 22.4 Å². The number of amides is 1. The molecule has 1 aromatic carbocycles. The van der Waals surface area contributed by atoms with Gasteiger partial charge in [0.1, 0.15) is 5.69 Å². The largest absolute Gasteiger partial charge is 0.323 e. The number of benzene rings is 1. The summed E-state index contributed by atoms with van der Waals surface area (Å²) in [6.45, 7) is 4.31. The van der Waals surface area contributed by atoms with E-state index in [9.17, 15) is 4.79 Å². The second kappa shape index (κ2) is 5.00. The fraction of sp³-hybridized carbons (Fsp3) is 0.267. The molecule has 0 fully saturated rings. The number of hydrogen-bond donors (Lipinski definition) is 1. The van der Waals surface area contributed by atoms with Gasteiger partial charge in [0.25, 0.3) is 0 Å². The Bertz CT molecular complexity index is 687. The van der Waals surface area contributed by atoms with E-state index in [1.807, 2.05) is 49.1 Å². The quantitative estimate of drug-likeness (QED) is 0.822. The fourth-order valence-corrected chi connectivity index (χ4v) is 2.43. The van der Waals surface area contributed by atoms with E-state index in [0.717, 1.165) is 5.69 Å². The zero-order valence-electron chi connectivity index (χ0n) is 11.8. The van der Waals surface area contributed by atoms with Gasteiger partial charge >= 0.3 is 0 Å². The summed E-state index contributed by atoms with van der Waals surface area (Å²) >= 11 is 5.93. The molecule has 0 bridgehead atoms. The summed E-state index contributed by atoms with van der Waals surface area (Å²) in [6, 6.07) is 9.80. The molecule has 5 nitrogen and oxygen atoms in total. The zero-order chi connectivity index (χ0) is 15.0. The highest BCUT2D eigenvalue weighted by atomic mass is 35.5. The van der Waals surface area contributed by atoms with Crippen molar-refractivity contribution in [2.75, 3.05) is 16.8 Å². The van der Waals surface area contributed by atoms with Gasteiger partial charge in [-0.2, -0.15) is 4.98 Å². The summed E-state index contributed by atoms with van der Waals surface area (Å²) in [5, 5.41) is 3.03. The Kier molecular flexibility index (Phi) is 3.29. The number of fused-ring (bicyclic) bond motifs is 1. The van der Waals surface area contributed by atoms with Crippen molar-refractivity contribution >= 4 is 34.7 Å². The lowest BCUT2D eigenvalue weighted by Gasteiger charge is -2.29. The van der Waals surface area contributed by atoms with Gasteiger partial charge in [-0.1, -0.05) is 18.2 Å². The Balaban J connectivity index is 2.17. The average Bonchev–Trinajstić information content (AvgIpc) is 2.56. The molecule has 0 saturated carbocycles. The number of anilines is 3. The molecule has 3 rings (SSSR count). The summed E-state index contributed by atoms with van der Waals surface area (Å²) < 4.78 is 0. The molecule has 0 atom stereocenters. The molecule has 0 spiro atoms. The van der Waals surface area contributed by atoms with Crippen molar-refractivity contribution in [1.29, 1.82) is 0 Å². The Hall–Kier alpha value is -2.14. The minimum absolute atomic E-state index is 0.0619. The second-order valence-electron chi connectivity index (χ2n) is 5.64. The third kappa shape index (κ3) is 2.56. The van der Waals surface area contributed by atoms with Crippen LogP contribution in [-0.2, 0) is 4.79 Å². The van der Waals surface area contributed by atoms with E-state index >= 15 is 0 Å². The number of carbonyl (C=O) groups is 1. The first-order valence-corrected chi connectivity index (χ1v) is 7.02. The molecular weight excluding hydrogens is 288 g/mol. The van der Waals surface area contributed by atoms with Gasteiger partial charge in [-0.05, 0) is 37.6 Å². The zero-order valence-corrected chi connectivity index (χ0v) is 12.6. The smallest absolute Gasteiger partial charge is 0.231 e. The Morgan fingerprint density at radius 3 is 2.71 bits per heavy atom. The topological polar surface area (TPSA) is 58.1 Å². The van der Waals surface area contributed by atoms with Crippen molar-refractivity contribution < 1.29 is 4.79 Å². The summed E-state index contributed by atoms with van der Waals surface area (Å²) in [5.74, 6) is 0.549. The monoisotopic (exact) mass is 302 g/mol. The highest BCUT2D eigenvalue weighted by Gasteiger charge is 2.36. The number of aromatic nitrogens is 2. The molecule has 0 aliphatic carbocycles. The summed E-state index contributed by atoms with van der Waals surface area (Å²) in [7, 11) is 0. The summed E-state index contributed by atoms with van der Waals surface area (Å²) in [5.41, 5.74) is 0.958. The second-order valence-corrected chi connectivity index (χ2v) is 5.97. The molecule has 1 aliphatic heterocycles. The van der Waals surface area contributed by atoms with Crippen LogP contribution in [0.4, 0.5) is 17.2 Å². The number of hydrogen-bond acceptors (Lipinski definition) is 4. The van der Waals surface area contributed by atoms with Crippen LogP contribution in [0.2, 0.25) is 5.28 Å². The highest BCUT2D eigenvalue weighted by molar-refractivity contribution is 6.28. The third-order valence-electron chi connectivity index (χ3n) is 3.48. The van der Waals surface area contributed by atoms with Gasteiger partial charge in [-0.3, -0.25) is 4.79 Å². The highest BCUT2D eigenvalue weighted by Crippen LogP contribution is 2.37. The molecule has 0 radical (unpaired) electrons. The number of para-hydroxylation sites is 1. The lowest BCUT2D eigenvalue weighted by Crippen LogP contribution is -2.37. The Morgan fingerprint density at radius 2 is 2.00 bits per heavy atom. The van der Waals surface area contributed by atoms with Crippen molar-refractivity contribution in [3.63, 3.8) is 0 Å². The number of carbonyl (C=O) groups excluding carboxylic acids is 1. The lowest BCUT2D eigenvalue weighted by molar-refractivity contribution is -0.123. The van der Waals surface area contributed by atoms with Gasteiger partial charge in [-0.15, -0.1) is 0 Å². The van der Waals surface area contributed by atoms with E-state index < -0.39 is 5.41 Å². The predicted molar refractivity (Wildman–Crippen MR) is 82.9 cm³/mol. The minimum atomic E-state index is -0.566. The van der Waals surface area contributed by atoms with E-state index in [1.165, 1.54) is 0 Å². The molecular formula is C15H15ClN4O. The average molecular weight is 303 g/mol. The maximum atomic E-state index is 12.3. The van der Waals surface area contributed by atoms with Gasteiger partial charge < -0.3 is 10.2 Å². The first kappa shape index (κ1) is 13.8. The molecule has 2 heterocycles. The van der Waals surface area contributed by atoms with Crippen LogP contribution in [0.5, 0.6) is 0 Å². The summed E-state index contributed by atoms with van der Waals surface area (Å²) in [6.07, 6.45) is 1.54. The van der Waals surface area contributed by atoms with E-state index in [-0.39, 0.29) is 11.2 Å². The maximum Gasteiger partial charge on any atom is 0.231 e. The Morgan fingerprint density at radius 1 is 1.29 bits per heavy atom. The molecule has 1 aliphatic rings. The van der Waals surface area contributed by atoms with Crippen molar-refractivity contribution in [1.82, 2.24) is 9.97 Å². The molecule has 0 unspecified atom stereocenters. The van der Waals surface area contributed by atoms with Gasteiger partial charge in [0, 0.05) is 12.2 Å². The number of halogens is 1. The van der Waals surface area contributed by atoms with Crippen LogP contribution >= 0.6 is 11.6 Å². The van der Waals surface area contributed by atoms with E-state index in [2.05, 4.69) is 15.3 Å². The number of rotatable bonds is 1. The van der Waals surface area contributed by atoms with E-state index in [4.69, 9.17) is 11.6 Å². The standard InChI is InChI=1S/C15H15ClN4O/c1-15(2)9-20(10-6-4-3-5-7-10)12-11(18-13(15)21)8-17-14(16)19-12/h3-8H,9H2,1-2H3,(H,18,21). The van der Waals surface area contributed by atoms with Gasteiger partial charge in [-0.25, -0.2) is 4.98 Å². The lowest BCUT2D eigenvalue weighted by atomic mass is 9.92. The first-order chi connectivity index (χ1) is 9.97. The van der Waals surface area contributed by atoms with Crippen LogP contribution in [0.1, 0.15) is 13.8 Å². The van der Waals surface area contributed by atoms with Crippen LogP contribution in [0.25, 0.3) is 0 Å². The van der Waals surface area contributed by atoms with Crippen molar-refractivity contribution in [2.45, 2.75) is 13.8 Å². The molecule has 1 amide bonds. The molecule has 1 N–H and O–H groups in total. The van der Waals surface area contributed by atoms with Crippen LogP contribution in [0.3, 0.4) is 0 Å². The van der Waals surface area contributed by atoms with Crippen molar-refractivity contribution in [3.8, 4) is 0 Å². The first-order valence-electron chi connectivity index (χ1n) is 6.64. The van der Waals surface area contributed by atoms with Gasteiger partial charge in [0.15, 0.2) is 5.82 Å². The summed E-state index contributed by atoms with van der Waals surface area (Å²) in [4.78, 5) is 22.6. The SMILES string of the molecule is CC1(C)CN(c2ccccc2)c2nc(Cl)ncc2NC1=O.